The number of hydrogen-bond donors (Lipinski definition) is 0. The summed E-state index contributed by atoms with van der Waals surface area (Å²) in [6, 6.07) is 12.0. The summed E-state index contributed by atoms with van der Waals surface area (Å²) < 4.78 is 3.98. The van der Waals surface area contributed by atoms with Gasteiger partial charge in [-0.15, -0.1) is 10.2 Å². The molecule has 1 aliphatic heterocycles. The topological polar surface area (TPSA) is 75.6 Å². The predicted molar refractivity (Wildman–Crippen MR) is 101 cm³/mol. The molecule has 0 N–H and O–H groups in total. The Morgan fingerprint density at radius 3 is 2.96 bits per heavy atom. The first-order valence-electron chi connectivity index (χ1n) is 9.30. The van der Waals surface area contributed by atoms with Crippen molar-refractivity contribution < 1.29 is 0 Å². The number of aromatic nitrogens is 5. The maximum Gasteiger partial charge on any atom is 0.154 e. The first-order chi connectivity index (χ1) is 13.2. The third-order valence-electron chi connectivity index (χ3n) is 5.19. The largest absolute Gasteiger partial charge is 0.316 e. The maximum absolute atomic E-state index is 9.10. The van der Waals surface area contributed by atoms with E-state index in [2.05, 4.69) is 36.9 Å². The Labute approximate surface area is 158 Å². The van der Waals surface area contributed by atoms with E-state index >= 15 is 0 Å². The Kier molecular flexibility index (Phi) is 4.99. The van der Waals surface area contributed by atoms with Gasteiger partial charge in [0.05, 0.1) is 11.6 Å². The van der Waals surface area contributed by atoms with Gasteiger partial charge >= 0.3 is 0 Å². The lowest BCUT2D eigenvalue weighted by Gasteiger charge is -2.32. The minimum Gasteiger partial charge on any atom is -0.316 e. The molecule has 0 saturated carbocycles. The molecule has 1 atom stereocenters. The van der Waals surface area contributed by atoms with Crippen LogP contribution in [-0.2, 0) is 20.1 Å². The first kappa shape index (κ1) is 17.4. The van der Waals surface area contributed by atoms with Crippen LogP contribution in [0.2, 0.25) is 0 Å². The first-order valence-corrected chi connectivity index (χ1v) is 9.30. The van der Waals surface area contributed by atoms with Crippen LogP contribution < -0.4 is 0 Å². The summed E-state index contributed by atoms with van der Waals surface area (Å²) >= 11 is 0. The average Bonchev–Trinajstić information content (AvgIpc) is 3.33. The predicted octanol–water partition coefficient (Wildman–Crippen LogP) is 2.31. The van der Waals surface area contributed by atoms with Crippen molar-refractivity contribution >= 4 is 0 Å². The fourth-order valence-electron chi connectivity index (χ4n) is 3.81. The molecule has 1 aliphatic rings. The Bertz CT molecular complexity index is 936. The zero-order chi connectivity index (χ0) is 18.6. The second-order valence-corrected chi connectivity index (χ2v) is 7.12. The molecule has 0 bridgehead atoms. The summed E-state index contributed by atoms with van der Waals surface area (Å²) in [7, 11) is 2.05. The third kappa shape index (κ3) is 3.91. The number of likely N-dealkylation sites (tertiary alicyclic amines) is 1. The molecular weight excluding hydrogens is 338 g/mol. The van der Waals surface area contributed by atoms with E-state index in [0.29, 0.717) is 12.5 Å². The highest BCUT2D eigenvalue weighted by Crippen LogP contribution is 2.27. The van der Waals surface area contributed by atoms with Crippen LogP contribution in [0.4, 0.5) is 0 Å². The molecule has 0 aliphatic carbocycles. The number of rotatable bonds is 5. The Balaban J connectivity index is 1.45. The van der Waals surface area contributed by atoms with E-state index in [1.165, 1.54) is 5.56 Å². The maximum atomic E-state index is 9.10. The Hall–Kier alpha value is -2.98. The molecule has 4 rings (SSSR count). The Morgan fingerprint density at radius 2 is 2.15 bits per heavy atom. The standard InChI is InChI=1S/C20H23N7/c1-25-19(15-27-10-4-8-22-27)23-24-20(25)18-7-3-9-26(14-18)13-17-6-2-5-16(11-17)12-21/h2,4-6,8,10-11,18H,3,7,9,13-15H2,1H3/t18-/m1/s1. The highest BCUT2D eigenvalue weighted by Gasteiger charge is 2.26. The number of benzene rings is 1. The van der Waals surface area contributed by atoms with E-state index in [0.717, 1.165) is 49.7 Å². The molecule has 2 aromatic heterocycles. The molecule has 0 amide bonds. The van der Waals surface area contributed by atoms with Crippen LogP contribution in [-0.4, -0.2) is 42.5 Å². The molecule has 138 valence electrons. The van der Waals surface area contributed by atoms with Gasteiger partial charge < -0.3 is 4.57 Å². The smallest absolute Gasteiger partial charge is 0.154 e. The quantitative estimate of drug-likeness (QED) is 0.697. The van der Waals surface area contributed by atoms with Crippen LogP contribution in [0, 0.1) is 11.3 Å². The molecular formula is C20H23N7. The second kappa shape index (κ2) is 7.72. The van der Waals surface area contributed by atoms with Gasteiger partial charge in [-0.1, -0.05) is 12.1 Å². The van der Waals surface area contributed by atoms with Gasteiger partial charge in [-0.05, 0) is 43.1 Å². The number of nitriles is 1. The van der Waals surface area contributed by atoms with Gasteiger partial charge in [0.2, 0.25) is 0 Å². The molecule has 27 heavy (non-hydrogen) atoms. The summed E-state index contributed by atoms with van der Waals surface area (Å²) in [6.45, 7) is 3.54. The summed E-state index contributed by atoms with van der Waals surface area (Å²) in [4.78, 5) is 2.45. The second-order valence-electron chi connectivity index (χ2n) is 7.12. The van der Waals surface area contributed by atoms with Gasteiger partial charge in [0, 0.05) is 38.4 Å². The van der Waals surface area contributed by atoms with Crippen molar-refractivity contribution in [1.29, 1.82) is 5.26 Å². The minimum absolute atomic E-state index is 0.377. The van der Waals surface area contributed by atoms with Crippen molar-refractivity contribution in [3.05, 3.63) is 65.5 Å². The van der Waals surface area contributed by atoms with E-state index in [1.54, 1.807) is 6.20 Å². The number of nitrogens with zero attached hydrogens (tertiary/aromatic N) is 7. The van der Waals surface area contributed by atoms with Crippen molar-refractivity contribution in [2.45, 2.75) is 31.8 Å². The monoisotopic (exact) mass is 361 g/mol. The molecule has 7 heteroatoms. The van der Waals surface area contributed by atoms with Crippen LogP contribution in [0.15, 0.2) is 42.7 Å². The van der Waals surface area contributed by atoms with E-state index in [-0.39, 0.29) is 0 Å². The third-order valence-corrected chi connectivity index (χ3v) is 5.19. The van der Waals surface area contributed by atoms with E-state index in [9.17, 15) is 0 Å². The molecule has 3 aromatic rings. The van der Waals surface area contributed by atoms with Crippen LogP contribution in [0.1, 0.15) is 41.5 Å². The van der Waals surface area contributed by atoms with Gasteiger partial charge in [0.15, 0.2) is 5.82 Å². The van der Waals surface area contributed by atoms with Gasteiger partial charge in [-0.2, -0.15) is 10.4 Å². The van der Waals surface area contributed by atoms with Gasteiger partial charge in [-0.25, -0.2) is 0 Å². The zero-order valence-corrected chi connectivity index (χ0v) is 15.5. The average molecular weight is 361 g/mol. The summed E-state index contributed by atoms with van der Waals surface area (Å²) in [5.74, 6) is 2.35. The SMILES string of the molecule is Cn1c(Cn2cccn2)nnc1[C@@H]1CCCN(Cc2cccc(C#N)c2)C1. The fraction of sp³-hybridized carbons (Fsp3) is 0.400. The van der Waals surface area contributed by atoms with Crippen molar-refractivity contribution in [2.24, 2.45) is 7.05 Å². The molecule has 0 unspecified atom stereocenters. The van der Waals surface area contributed by atoms with Gasteiger partial charge in [0.1, 0.15) is 12.4 Å². The molecule has 1 aromatic carbocycles. The lowest BCUT2D eigenvalue weighted by Crippen LogP contribution is -2.34. The van der Waals surface area contributed by atoms with Gasteiger partial charge in [-0.3, -0.25) is 9.58 Å². The molecule has 0 radical (unpaired) electrons. The lowest BCUT2D eigenvalue weighted by molar-refractivity contribution is 0.195. The van der Waals surface area contributed by atoms with Crippen LogP contribution in [0.25, 0.3) is 0 Å². The van der Waals surface area contributed by atoms with Crippen molar-refractivity contribution in [3.63, 3.8) is 0 Å². The molecule has 1 fully saturated rings. The van der Waals surface area contributed by atoms with Crippen molar-refractivity contribution in [2.75, 3.05) is 13.1 Å². The van der Waals surface area contributed by atoms with Gasteiger partial charge in [0.25, 0.3) is 0 Å². The normalized spacial score (nSPS) is 17.7. The molecule has 1 saturated heterocycles. The van der Waals surface area contributed by atoms with Crippen LogP contribution >= 0.6 is 0 Å². The highest BCUT2D eigenvalue weighted by atomic mass is 15.3. The molecule has 7 nitrogen and oxygen atoms in total. The molecule has 3 heterocycles. The Morgan fingerprint density at radius 1 is 1.22 bits per heavy atom. The summed E-state index contributed by atoms with van der Waals surface area (Å²) in [6.07, 6.45) is 5.98. The summed E-state index contributed by atoms with van der Waals surface area (Å²) in [5.41, 5.74) is 1.91. The number of hydrogen-bond acceptors (Lipinski definition) is 5. The van der Waals surface area contributed by atoms with Crippen molar-refractivity contribution in [1.82, 2.24) is 29.4 Å². The van der Waals surface area contributed by atoms with E-state index in [1.807, 2.05) is 42.2 Å². The number of piperidine rings is 1. The fourth-order valence-corrected chi connectivity index (χ4v) is 3.81. The zero-order valence-electron chi connectivity index (χ0n) is 15.5. The molecule has 0 spiro atoms. The van der Waals surface area contributed by atoms with Crippen molar-refractivity contribution in [3.8, 4) is 6.07 Å². The van der Waals surface area contributed by atoms with Crippen LogP contribution in [0.5, 0.6) is 0 Å². The summed E-state index contributed by atoms with van der Waals surface area (Å²) in [5, 5.41) is 22.2. The van der Waals surface area contributed by atoms with E-state index in [4.69, 9.17) is 5.26 Å². The van der Waals surface area contributed by atoms with Crippen LogP contribution in [0.3, 0.4) is 0 Å². The van der Waals surface area contributed by atoms with E-state index < -0.39 is 0 Å². The minimum atomic E-state index is 0.377. The highest BCUT2D eigenvalue weighted by molar-refractivity contribution is 5.32. The lowest BCUT2D eigenvalue weighted by atomic mass is 9.96.